The molecule has 0 fully saturated rings. The predicted molar refractivity (Wildman–Crippen MR) is 143 cm³/mol. The molecular formula is C30H35F3N2O2. The number of carbonyl (C=O) groups is 1. The molecule has 0 saturated heterocycles. The lowest BCUT2D eigenvalue weighted by Gasteiger charge is -2.24. The van der Waals surface area contributed by atoms with Gasteiger partial charge in [-0.3, -0.25) is 4.79 Å². The summed E-state index contributed by atoms with van der Waals surface area (Å²) < 4.78 is 38.9. The van der Waals surface area contributed by atoms with Crippen LogP contribution in [0.2, 0.25) is 0 Å². The molecular weight excluding hydrogens is 477 g/mol. The molecule has 1 atom stereocenters. The smallest absolute Gasteiger partial charge is 0.416 e. The molecule has 0 heterocycles. The van der Waals surface area contributed by atoms with Gasteiger partial charge in [0, 0.05) is 18.8 Å². The Morgan fingerprint density at radius 2 is 1.54 bits per heavy atom. The molecule has 0 saturated carbocycles. The van der Waals surface area contributed by atoms with Crippen molar-refractivity contribution in [1.29, 1.82) is 0 Å². The lowest BCUT2D eigenvalue weighted by atomic mass is 9.93. The fourth-order valence-corrected chi connectivity index (χ4v) is 4.57. The van der Waals surface area contributed by atoms with Gasteiger partial charge >= 0.3 is 12.1 Å². The fraction of sp³-hybridized carbons (Fsp3) is 0.367. The number of hydrogen-bond acceptors (Lipinski definition) is 3. The average Bonchev–Trinajstić information content (AvgIpc) is 2.81. The van der Waals surface area contributed by atoms with Crippen molar-refractivity contribution in [1.82, 2.24) is 5.32 Å². The third-order valence-electron chi connectivity index (χ3n) is 6.31. The van der Waals surface area contributed by atoms with E-state index in [0.717, 1.165) is 57.6 Å². The van der Waals surface area contributed by atoms with Gasteiger partial charge in [0.1, 0.15) is 0 Å². The summed E-state index contributed by atoms with van der Waals surface area (Å²) in [5.74, 6) is -0.355. The van der Waals surface area contributed by atoms with Crippen molar-refractivity contribution < 1.29 is 23.1 Å². The monoisotopic (exact) mass is 512 g/mol. The first kappa shape index (κ1) is 28.3. The molecule has 37 heavy (non-hydrogen) atoms. The second kappa shape index (κ2) is 12.3. The Hall–Kier alpha value is -3.32. The van der Waals surface area contributed by atoms with Gasteiger partial charge in [0.25, 0.3) is 0 Å². The SMILES string of the molecule is Cc1cc(NC(CC(C)C)c2ccc(CNCCC(=O)O)cc2)cc(C)c1-c1ccc(C(F)(F)F)cc1. The third-order valence-corrected chi connectivity index (χ3v) is 6.31. The molecule has 0 aliphatic rings. The van der Waals surface area contributed by atoms with Crippen LogP contribution in [0.5, 0.6) is 0 Å². The van der Waals surface area contributed by atoms with Crippen LogP contribution in [0.15, 0.2) is 60.7 Å². The van der Waals surface area contributed by atoms with E-state index in [-0.39, 0.29) is 12.5 Å². The second-order valence-corrected chi connectivity index (χ2v) is 9.95. The number of benzene rings is 3. The van der Waals surface area contributed by atoms with Gasteiger partial charge in [-0.2, -0.15) is 13.2 Å². The number of hydrogen-bond donors (Lipinski definition) is 3. The minimum absolute atomic E-state index is 0.0877. The number of alkyl halides is 3. The standard InChI is InChI=1S/C30H35F3N2O2/c1-19(2)15-27(23-7-5-22(6-8-23)18-34-14-13-28(36)37)35-26-16-20(3)29(21(4)17-26)24-9-11-25(12-10-24)30(31,32)33/h5-12,16-17,19,27,34-35H,13-15,18H2,1-4H3,(H,36,37). The van der Waals surface area contributed by atoms with Gasteiger partial charge in [0.2, 0.25) is 0 Å². The van der Waals surface area contributed by atoms with Gasteiger partial charge in [-0.25, -0.2) is 0 Å². The Kier molecular flexibility index (Phi) is 9.38. The molecule has 0 radical (unpaired) electrons. The molecule has 1 unspecified atom stereocenters. The van der Waals surface area contributed by atoms with Crippen molar-refractivity contribution in [3.8, 4) is 11.1 Å². The maximum Gasteiger partial charge on any atom is 0.416 e. The number of halogens is 3. The second-order valence-electron chi connectivity index (χ2n) is 9.95. The van der Waals surface area contributed by atoms with Crippen molar-refractivity contribution in [2.75, 3.05) is 11.9 Å². The molecule has 3 aromatic carbocycles. The Bertz CT molecular complexity index is 1160. The number of carboxylic acid groups (broad SMARTS) is 1. The van der Waals surface area contributed by atoms with Crippen LogP contribution >= 0.6 is 0 Å². The summed E-state index contributed by atoms with van der Waals surface area (Å²) in [4.78, 5) is 10.7. The molecule has 198 valence electrons. The first-order chi connectivity index (χ1) is 17.4. The zero-order chi connectivity index (χ0) is 27.2. The highest BCUT2D eigenvalue weighted by Crippen LogP contribution is 2.35. The van der Waals surface area contributed by atoms with Crippen LogP contribution in [-0.2, 0) is 17.5 Å². The normalized spacial score (nSPS) is 12.5. The molecule has 3 rings (SSSR count). The summed E-state index contributed by atoms with van der Waals surface area (Å²) in [6.07, 6.45) is -3.33. The van der Waals surface area contributed by atoms with Gasteiger partial charge < -0.3 is 15.7 Å². The molecule has 0 aliphatic heterocycles. The minimum Gasteiger partial charge on any atom is -0.481 e. The zero-order valence-corrected chi connectivity index (χ0v) is 21.7. The fourth-order valence-electron chi connectivity index (χ4n) is 4.57. The molecule has 3 aromatic rings. The highest BCUT2D eigenvalue weighted by Gasteiger charge is 2.30. The van der Waals surface area contributed by atoms with Gasteiger partial charge in [-0.1, -0.05) is 50.2 Å². The Morgan fingerprint density at radius 1 is 0.946 bits per heavy atom. The van der Waals surface area contributed by atoms with E-state index in [1.807, 2.05) is 26.0 Å². The van der Waals surface area contributed by atoms with E-state index in [1.165, 1.54) is 12.1 Å². The molecule has 0 bridgehead atoms. The molecule has 3 N–H and O–H groups in total. The van der Waals surface area contributed by atoms with E-state index < -0.39 is 17.7 Å². The van der Waals surface area contributed by atoms with Crippen molar-refractivity contribution in [2.45, 2.75) is 59.3 Å². The maximum atomic E-state index is 13.0. The van der Waals surface area contributed by atoms with Crippen LogP contribution in [0.3, 0.4) is 0 Å². The van der Waals surface area contributed by atoms with Gasteiger partial charge in [-0.15, -0.1) is 0 Å². The minimum atomic E-state index is -4.35. The van der Waals surface area contributed by atoms with E-state index in [9.17, 15) is 18.0 Å². The predicted octanol–water partition coefficient (Wildman–Crippen LogP) is 7.75. The van der Waals surface area contributed by atoms with E-state index in [1.54, 1.807) is 0 Å². The number of nitrogens with one attached hydrogen (secondary N) is 2. The topological polar surface area (TPSA) is 61.4 Å². The zero-order valence-electron chi connectivity index (χ0n) is 21.7. The van der Waals surface area contributed by atoms with Crippen LogP contribution in [0, 0.1) is 19.8 Å². The largest absolute Gasteiger partial charge is 0.481 e. The Balaban J connectivity index is 1.77. The summed E-state index contributed by atoms with van der Waals surface area (Å²) in [6, 6.07) is 17.8. The first-order valence-corrected chi connectivity index (χ1v) is 12.5. The van der Waals surface area contributed by atoms with E-state index in [2.05, 4.69) is 48.7 Å². The lowest BCUT2D eigenvalue weighted by molar-refractivity contribution is -0.138. The Labute approximate surface area is 216 Å². The van der Waals surface area contributed by atoms with E-state index >= 15 is 0 Å². The summed E-state index contributed by atoms with van der Waals surface area (Å²) in [5, 5.41) is 15.6. The van der Waals surface area contributed by atoms with Crippen molar-refractivity contribution in [3.63, 3.8) is 0 Å². The van der Waals surface area contributed by atoms with Crippen molar-refractivity contribution in [3.05, 3.63) is 88.5 Å². The van der Waals surface area contributed by atoms with Gasteiger partial charge in [0.15, 0.2) is 0 Å². The highest BCUT2D eigenvalue weighted by molar-refractivity contribution is 5.74. The van der Waals surface area contributed by atoms with Gasteiger partial charge in [-0.05, 0) is 83.8 Å². The molecule has 0 aliphatic carbocycles. The van der Waals surface area contributed by atoms with E-state index in [0.29, 0.717) is 19.0 Å². The van der Waals surface area contributed by atoms with Crippen LogP contribution in [0.25, 0.3) is 11.1 Å². The summed E-state index contributed by atoms with van der Waals surface area (Å²) in [5.41, 5.74) is 6.26. The lowest BCUT2D eigenvalue weighted by Crippen LogP contribution is -2.18. The molecule has 0 aromatic heterocycles. The number of rotatable bonds is 11. The number of aryl methyl sites for hydroxylation is 2. The Morgan fingerprint density at radius 3 is 2.05 bits per heavy atom. The summed E-state index contributed by atoms with van der Waals surface area (Å²) in [6.45, 7) is 9.36. The molecule has 4 nitrogen and oxygen atoms in total. The average molecular weight is 513 g/mol. The van der Waals surface area contributed by atoms with Gasteiger partial charge in [0.05, 0.1) is 18.0 Å². The van der Waals surface area contributed by atoms with E-state index in [4.69, 9.17) is 5.11 Å². The van der Waals surface area contributed by atoms with Crippen LogP contribution in [-0.4, -0.2) is 17.6 Å². The molecule has 7 heteroatoms. The molecule has 0 amide bonds. The van der Waals surface area contributed by atoms with Crippen LogP contribution in [0.4, 0.5) is 18.9 Å². The van der Waals surface area contributed by atoms with Crippen LogP contribution < -0.4 is 10.6 Å². The maximum absolute atomic E-state index is 13.0. The number of anilines is 1. The van der Waals surface area contributed by atoms with Crippen molar-refractivity contribution in [2.24, 2.45) is 5.92 Å². The number of carboxylic acids is 1. The number of aliphatic carboxylic acids is 1. The quantitative estimate of drug-likeness (QED) is 0.230. The molecule has 0 spiro atoms. The highest BCUT2D eigenvalue weighted by atomic mass is 19.4. The third kappa shape index (κ3) is 8.09. The van der Waals surface area contributed by atoms with Crippen LogP contribution in [0.1, 0.15) is 60.5 Å². The van der Waals surface area contributed by atoms with Crippen molar-refractivity contribution >= 4 is 11.7 Å². The summed E-state index contributed by atoms with van der Waals surface area (Å²) in [7, 11) is 0. The summed E-state index contributed by atoms with van der Waals surface area (Å²) >= 11 is 0. The first-order valence-electron chi connectivity index (χ1n) is 12.5.